The summed E-state index contributed by atoms with van der Waals surface area (Å²) < 4.78 is 0. The zero-order valence-electron chi connectivity index (χ0n) is 19.0. The molecule has 2 aromatic heterocycles. The van der Waals surface area contributed by atoms with Crippen molar-refractivity contribution < 1.29 is 4.79 Å². The summed E-state index contributed by atoms with van der Waals surface area (Å²) in [6, 6.07) is 18.5. The number of aromatic amines is 1. The van der Waals surface area contributed by atoms with E-state index in [-0.39, 0.29) is 5.91 Å². The zero-order valence-corrected chi connectivity index (χ0v) is 19.0. The fraction of sp³-hybridized carbons (Fsp3) is 0.269. The first-order valence-electron chi connectivity index (χ1n) is 11.3. The molecule has 1 aliphatic heterocycles. The summed E-state index contributed by atoms with van der Waals surface area (Å²) in [7, 11) is 2.02. The van der Waals surface area contributed by atoms with Crippen molar-refractivity contribution in [3.63, 3.8) is 0 Å². The van der Waals surface area contributed by atoms with Gasteiger partial charge in [0.1, 0.15) is 18.0 Å². The predicted molar refractivity (Wildman–Crippen MR) is 132 cm³/mol. The van der Waals surface area contributed by atoms with Gasteiger partial charge in [0.25, 0.3) is 0 Å². The summed E-state index contributed by atoms with van der Waals surface area (Å²) in [4.78, 5) is 31.4. The summed E-state index contributed by atoms with van der Waals surface area (Å²) >= 11 is 0. The van der Waals surface area contributed by atoms with Crippen molar-refractivity contribution >= 4 is 34.1 Å². The Hall–Kier alpha value is -3.87. The van der Waals surface area contributed by atoms with Crippen LogP contribution in [0.25, 0.3) is 10.9 Å². The molecule has 1 aliphatic rings. The molecule has 0 spiro atoms. The number of amides is 1. The highest BCUT2D eigenvalue weighted by Crippen LogP contribution is 2.25. The molecular formula is C26H28N6O. The number of nitrogens with zero attached hydrogens (tertiary/aromatic N) is 5. The van der Waals surface area contributed by atoms with Crippen LogP contribution in [0.4, 0.5) is 17.3 Å². The molecule has 4 aromatic rings. The maximum absolute atomic E-state index is 12.9. The molecule has 0 bridgehead atoms. The van der Waals surface area contributed by atoms with Crippen LogP contribution in [0.5, 0.6) is 0 Å². The monoisotopic (exact) mass is 440 g/mol. The Bertz CT molecular complexity index is 1270. The van der Waals surface area contributed by atoms with Gasteiger partial charge in [0.2, 0.25) is 5.91 Å². The highest BCUT2D eigenvalue weighted by atomic mass is 16.2. The summed E-state index contributed by atoms with van der Waals surface area (Å²) in [5.74, 6) is 1.91. The van der Waals surface area contributed by atoms with E-state index in [1.165, 1.54) is 5.56 Å². The van der Waals surface area contributed by atoms with Gasteiger partial charge in [-0.2, -0.15) is 0 Å². The van der Waals surface area contributed by atoms with Crippen LogP contribution in [-0.4, -0.2) is 59.0 Å². The van der Waals surface area contributed by atoms with E-state index in [0.29, 0.717) is 19.5 Å². The fourth-order valence-electron chi connectivity index (χ4n) is 4.40. The van der Waals surface area contributed by atoms with Crippen molar-refractivity contribution in [2.24, 2.45) is 0 Å². The number of aromatic nitrogens is 3. The zero-order chi connectivity index (χ0) is 22.8. The predicted octanol–water partition coefficient (Wildman–Crippen LogP) is 3.93. The molecule has 1 amide bonds. The fourth-order valence-corrected chi connectivity index (χ4v) is 4.40. The van der Waals surface area contributed by atoms with Crippen molar-refractivity contribution in [1.29, 1.82) is 0 Å². The number of nitrogens with one attached hydrogen (secondary N) is 1. The lowest BCUT2D eigenvalue weighted by Gasteiger charge is -2.35. The minimum absolute atomic E-state index is 0.168. The molecule has 168 valence electrons. The van der Waals surface area contributed by atoms with Crippen molar-refractivity contribution in [3.8, 4) is 0 Å². The smallest absolute Gasteiger partial charge is 0.227 e. The largest absolute Gasteiger partial charge is 0.361 e. The average Bonchev–Trinajstić information content (AvgIpc) is 3.26. The van der Waals surface area contributed by atoms with Crippen LogP contribution in [0.2, 0.25) is 0 Å². The molecule has 7 nitrogen and oxygen atoms in total. The number of piperazine rings is 1. The van der Waals surface area contributed by atoms with Gasteiger partial charge in [0.15, 0.2) is 0 Å². The Morgan fingerprint density at radius 1 is 1.03 bits per heavy atom. The SMILES string of the molecule is Cc1cccc(N(C)c2cc(N3CCN(C(=O)Cc4c[nH]c5ccccc45)CC3)ncn2)c1. The number of carbonyl (C=O) groups is 1. The molecular weight excluding hydrogens is 412 g/mol. The lowest BCUT2D eigenvalue weighted by atomic mass is 10.1. The molecule has 0 aliphatic carbocycles. The minimum atomic E-state index is 0.168. The van der Waals surface area contributed by atoms with Gasteiger partial charge in [-0.15, -0.1) is 0 Å². The average molecular weight is 441 g/mol. The topological polar surface area (TPSA) is 68.4 Å². The summed E-state index contributed by atoms with van der Waals surface area (Å²) in [6.45, 7) is 4.97. The summed E-state index contributed by atoms with van der Waals surface area (Å²) in [6.07, 6.45) is 3.99. The Labute approximate surface area is 193 Å². The number of H-pyrrole nitrogens is 1. The van der Waals surface area contributed by atoms with E-state index in [1.54, 1.807) is 6.33 Å². The molecule has 5 rings (SSSR count). The molecule has 0 atom stereocenters. The van der Waals surface area contributed by atoms with Crippen LogP contribution < -0.4 is 9.80 Å². The number of fused-ring (bicyclic) bond motifs is 1. The van der Waals surface area contributed by atoms with E-state index in [2.05, 4.69) is 62.0 Å². The second-order valence-electron chi connectivity index (χ2n) is 8.54. The third-order valence-electron chi connectivity index (χ3n) is 6.34. The third-order valence-corrected chi connectivity index (χ3v) is 6.34. The highest BCUT2D eigenvalue weighted by Gasteiger charge is 2.23. The molecule has 1 N–H and O–H groups in total. The first-order valence-corrected chi connectivity index (χ1v) is 11.3. The van der Waals surface area contributed by atoms with Gasteiger partial charge in [0.05, 0.1) is 6.42 Å². The third kappa shape index (κ3) is 4.39. The van der Waals surface area contributed by atoms with Gasteiger partial charge in [-0.05, 0) is 36.2 Å². The number of anilines is 3. The van der Waals surface area contributed by atoms with E-state index < -0.39 is 0 Å². The first kappa shape index (κ1) is 21.0. The summed E-state index contributed by atoms with van der Waals surface area (Å²) in [5.41, 5.74) is 4.42. The molecule has 3 heterocycles. The van der Waals surface area contributed by atoms with Crippen LogP contribution in [0.3, 0.4) is 0 Å². The molecule has 2 aromatic carbocycles. The van der Waals surface area contributed by atoms with Crippen LogP contribution in [0, 0.1) is 6.92 Å². The lowest BCUT2D eigenvalue weighted by molar-refractivity contribution is -0.130. The van der Waals surface area contributed by atoms with Gasteiger partial charge >= 0.3 is 0 Å². The second-order valence-corrected chi connectivity index (χ2v) is 8.54. The number of para-hydroxylation sites is 1. The van der Waals surface area contributed by atoms with Gasteiger partial charge in [-0.1, -0.05) is 30.3 Å². The van der Waals surface area contributed by atoms with Crippen LogP contribution in [-0.2, 0) is 11.2 Å². The summed E-state index contributed by atoms with van der Waals surface area (Å²) in [5, 5.41) is 1.12. The number of hydrogen-bond donors (Lipinski definition) is 1. The normalized spacial score (nSPS) is 14.0. The van der Waals surface area contributed by atoms with Crippen molar-refractivity contribution in [1.82, 2.24) is 19.9 Å². The van der Waals surface area contributed by atoms with Crippen molar-refractivity contribution in [2.75, 3.05) is 43.0 Å². The van der Waals surface area contributed by atoms with Crippen molar-refractivity contribution in [2.45, 2.75) is 13.3 Å². The molecule has 0 unspecified atom stereocenters. The van der Waals surface area contributed by atoms with Gasteiger partial charge in [0, 0.05) is 62.1 Å². The molecule has 0 radical (unpaired) electrons. The minimum Gasteiger partial charge on any atom is -0.361 e. The second kappa shape index (κ2) is 8.94. The standard InChI is InChI=1S/C26H28N6O/c1-19-6-5-7-21(14-19)30(2)24-16-25(29-18-28-24)31-10-12-32(13-11-31)26(33)15-20-17-27-23-9-4-3-8-22(20)23/h3-9,14,16-18,27H,10-13,15H2,1-2H3. The number of hydrogen-bond acceptors (Lipinski definition) is 5. The molecule has 0 saturated carbocycles. The Morgan fingerprint density at radius 3 is 2.67 bits per heavy atom. The Morgan fingerprint density at radius 2 is 1.85 bits per heavy atom. The molecule has 33 heavy (non-hydrogen) atoms. The molecule has 1 saturated heterocycles. The maximum Gasteiger partial charge on any atom is 0.227 e. The van der Waals surface area contributed by atoms with E-state index >= 15 is 0 Å². The van der Waals surface area contributed by atoms with Crippen molar-refractivity contribution in [3.05, 3.63) is 78.2 Å². The maximum atomic E-state index is 12.9. The number of aryl methyl sites for hydroxylation is 1. The lowest BCUT2D eigenvalue weighted by Crippen LogP contribution is -2.49. The number of rotatable bonds is 5. The molecule has 1 fully saturated rings. The van der Waals surface area contributed by atoms with E-state index in [1.807, 2.05) is 42.4 Å². The number of carbonyl (C=O) groups excluding carboxylic acids is 1. The van der Waals surface area contributed by atoms with E-state index in [4.69, 9.17) is 0 Å². The number of benzene rings is 2. The van der Waals surface area contributed by atoms with Crippen LogP contribution in [0.15, 0.2) is 67.1 Å². The Kier molecular flexibility index (Phi) is 5.69. The van der Waals surface area contributed by atoms with E-state index in [0.717, 1.165) is 46.9 Å². The Balaban J connectivity index is 1.23. The highest BCUT2D eigenvalue weighted by molar-refractivity contribution is 5.89. The van der Waals surface area contributed by atoms with E-state index in [9.17, 15) is 4.79 Å². The molecule has 7 heteroatoms. The van der Waals surface area contributed by atoms with Gasteiger partial charge in [-0.3, -0.25) is 4.79 Å². The van der Waals surface area contributed by atoms with Gasteiger partial charge < -0.3 is 19.7 Å². The quantitative estimate of drug-likeness (QED) is 0.509. The van der Waals surface area contributed by atoms with Crippen LogP contribution >= 0.6 is 0 Å². The van der Waals surface area contributed by atoms with Gasteiger partial charge in [-0.25, -0.2) is 9.97 Å². The first-order chi connectivity index (χ1) is 16.1. The van der Waals surface area contributed by atoms with Crippen LogP contribution in [0.1, 0.15) is 11.1 Å².